The Bertz CT molecular complexity index is 498. The van der Waals surface area contributed by atoms with Gasteiger partial charge in [-0.15, -0.1) is 11.3 Å². The van der Waals surface area contributed by atoms with Crippen molar-refractivity contribution in [1.82, 2.24) is 5.32 Å². The van der Waals surface area contributed by atoms with E-state index in [0.717, 1.165) is 26.2 Å². The number of hydrogen-bond acceptors (Lipinski definition) is 3. The maximum atomic E-state index is 3.39. The summed E-state index contributed by atoms with van der Waals surface area (Å²) in [4.78, 5) is 3.86. The van der Waals surface area contributed by atoms with Gasteiger partial charge < -0.3 is 10.2 Å². The Morgan fingerprint density at radius 3 is 2.81 bits per heavy atom. The minimum atomic E-state index is 1.10. The molecule has 16 heavy (non-hydrogen) atoms. The van der Waals surface area contributed by atoms with Crippen LogP contribution in [0.15, 0.2) is 24.3 Å². The molecule has 3 rings (SSSR count). The van der Waals surface area contributed by atoms with Gasteiger partial charge in [-0.2, -0.15) is 0 Å². The van der Waals surface area contributed by atoms with Gasteiger partial charge in [-0.3, -0.25) is 0 Å². The molecule has 0 aliphatic carbocycles. The summed E-state index contributed by atoms with van der Waals surface area (Å²) in [6.07, 6.45) is 0. The van der Waals surface area contributed by atoms with E-state index in [0.29, 0.717) is 0 Å². The highest BCUT2D eigenvalue weighted by atomic mass is 32.1. The molecule has 0 amide bonds. The zero-order chi connectivity index (χ0) is 11.0. The summed E-state index contributed by atoms with van der Waals surface area (Å²) in [6, 6.07) is 9.11. The number of thiophene rings is 1. The van der Waals surface area contributed by atoms with Crippen LogP contribution in [0, 0.1) is 6.92 Å². The van der Waals surface area contributed by atoms with Gasteiger partial charge in [0.2, 0.25) is 0 Å². The van der Waals surface area contributed by atoms with Crippen molar-refractivity contribution >= 4 is 27.1 Å². The molecule has 2 aromatic rings. The Kier molecular flexibility index (Phi) is 2.58. The second kappa shape index (κ2) is 4.07. The molecule has 0 spiro atoms. The van der Waals surface area contributed by atoms with Crippen molar-refractivity contribution in [2.24, 2.45) is 0 Å². The second-order valence-electron chi connectivity index (χ2n) is 4.32. The minimum Gasteiger partial charge on any atom is -0.369 e. The fourth-order valence-electron chi connectivity index (χ4n) is 2.28. The van der Waals surface area contributed by atoms with Crippen LogP contribution in [-0.4, -0.2) is 26.2 Å². The molecular formula is C13H16N2S. The van der Waals surface area contributed by atoms with Crippen LogP contribution in [0.5, 0.6) is 0 Å². The zero-order valence-electron chi connectivity index (χ0n) is 9.49. The van der Waals surface area contributed by atoms with Crippen LogP contribution in [0.25, 0.3) is 10.1 Å². The number of nitrogens with one attached hydrogen (secondary N) is 1. The molecule has 0 saturated carbocycles. The molecule has 1 aliphatic rings. The molecule has 1 aliphatic heterocycles. The fraction of sp³-hybridized carbons (Fsp3) is 0.385. The van der Waals surface area contributed by atoms with Crippen molar-refractivity contribution in [2.75, 3.05) is 31.1 Å². The molecule has 0 unspecified atom stereocenters. The summed E-state index contributed by atoms with van der Waals surface area (Å²) in [7, 11) is 0. The molecule has 3 heteroatoms. The third-order valence-corrected chi connectivity index (χ3v) is 4.14. The quantitative estimate of drug-likeness (QED) is 0.813. The number of nitrogens with zero attached hydrogens (tertiary/aromatic N) is 1. The van der Waals surface area contributed by atoms with E-state index in [1.54, 1.807) is 0 Å². The van der Waals surface area contributed by atoms with Crippen LogP contribution >= 0.6 is 11.3 Å². The average molecular weight is 232 g/mol. The molecule has 84 valence electrons. The lowest BCUT2D eigenvalue weighted by Gasteiger charge is -2.29. The van der Waals surface area contributed by atoms with Crippen molar-refractivity contribution in [3.05, 3.63) is 29.1 Å². The van der Waals surface area contributed by atoms with Crippen molar-refractivity contribution in [1.29, 1.82) is 0 Å². The summed E-state index contributed by atoms with van der Waals surface area (Å²) in [5.41, 5.74) is 1.37. The van der Waals surface area contributed by atoms with E-state index in [2.05, 4.69) is 41.4 Å². The Hall–Kier alpha value is -1.06. The average Bonchev–Trinajstić information content (AvgIpc) is 2.69. The monoisotopic (exact) mass is 232 g/mol. The van der Waals surface area contributed by atoms with Gasteiger partial charge in [0.1, 0.15) is 0 Å². The standard InChI is InChI=1S/C13H16N2S/c1-10-8-11-9-12(2-3-13(11)16-10)15-6-4-14-5-7-15/h2-3,8-9,14H,4-7H2,1H3. The molecule has 1 fully saturated rings. The van der Waals surface area contributed by atoms with Gasteiger partial charge >= 0.3 is 0 Å². The van der Waals surface area contributed by atoms with Crippen LogP contribution in [0.2, 0.25) is 0 Å². The van der Waals surface area contributed by atoms with Crippen LogP contribution in [0.4, 0.5) is 5.69 Å². The van der Waals surface area contributed by atoms with Crippen molar-refractivity contribution in [3.8, 4) is 0 Å². The first-order chi connectivity index (χ1) is 7.83. The summed E-state index contributed by atoms with van der Waals surface area (Å²) in [5.74, 6) is 0. The van der Waals surface area contributed by atoms with E-state index in [1.165, 1.54) is 20.7 Å². The van der Waals surface area contributed by atoms with Gasteiger partial charge in [-0.05, 0) is 36.6 Å². The van der Waals surface area contributed by atoms with E-state index in [9.17, 15) is 0 Å². The predicted molar refractivity (Wildman–Crippen MR) is 71.6 cm³/mol. The molecule has 0 bridgehead atoms. The molecule has 2 heterocycles. The Morgan fingerprint density at radius 1 is 1.19 bits per heavy atom. The van der Waals surface area contributed by atoms with Gasteiger partial charge in [0.15, 0.2) is 0 Å². The highest BCUT2D eigenvalue weighted by molar-refractivity contribution is 7.19. The molecule has 2 nitrogen and oxygen atoms in total. The third kappa shape index (κ3) is 1.81. The highest BCUT2D eigenvalue weighted by Crippen LogP contribution is 2.29. The Labute approximate surface area is 99.9 Å². The lowest BCUT2D eigenvalue weighted by Crippen LogP contribution is -2.43. The molecule has 1 aromatic carbocycles. The van der Waals surface area contributed by atoms with Crippen LogP contribution in [-0.2, 0) is 0 Å². The second-order valence-corrected chi connectivity index (χ2v) is 5.60. The van der Waals surface area contributed by atoms with E-state index in [-0.39, 0.29) is 0 Å². The van der Waals surface area contributed by atoms with Gasteiger partial charge in [0.05, 0.1) is 0 Å². The van der Waals surface area contributed by atoms with Crippen molar-refractivity contribution in [2.45, 2.75) is 6.92 Å². The highest BCUT2D eigenvalue weighted by Gasteiger charge is 2.10. The third-order valence-electron chi connectivity index (χ3n) is 3.11. The number of fused-ring (bicyclic) bond motifs is 1. The first kappa shape index (κ1) is 10.1. The maximum Gasteiger partial charge on any atom is 0.0374 e. The SMILES string of the molecule is Cc1cc2cc(N3CCNCC3)ccc2s1. The Balaban J connectivity index is 1.97. The lowest BCUT2D eigenvalue weighted by molar-refractivity contribution is 0.589. The molecular weight excluding hydrogens is 216 g/mol. The predicted octanol–water partition coefficient (Wildman–Crippen LogP) is 2.62. The van der Waals surface area contributed by atoms with Crippen molar-refractivity contribution < 1.29 is 0 Å². The number of aryl methyl sites for hydroxylation is 1. The van der Waals surface area contributed by atoms with Crippen LogP contribution < -0.4 is 10.2 Å². The number of hydrogen-bond donors (Lipinski definition) is 1. The molecule has 0 atom stereocenters. The first-order valence-corrected chi connectivity index (χ1v) is 6.60. The van der Waals surface area contributed by atoms with E-state index in [4.69, 9.17) is 0 Å². The normalized spacial score (nSPS) is 16.9. The molecule has 1 aromatic heterocycles. The topological polar surface area (TPSA) is 15.3 Å². The van der Waals surface area contributed by atoms with E-state index >= 15 is 0 Å². The van der Waals surface area contributed by atoms with Gasteiger partial charge in [0.25, 0.3) is 0 Å². The lowest BCUT2D eigenvalue weighted by atomic mass is 10.2. The molecule has 1 N–H and O–H groups in total. The largest absolute Gasteiger partial charge is 0.369 e. The van der Waals surface area contributed by atoms with E-state index in [1.807, 2.05) is 11.3 Å². The van der Waals surface area contributed by atoms with Crippen LogP contribution in [0.1, 0.15) is 4.88 Å². The zero-order valence-corrected chi connectivity index (χ0v) is 10.3. The summed E-state index contributed by atoms with van der Waals surface area (Å²) < 4.78 is 1.40. The number of piperazine rings is 1. The number of rotatable bonds is 1. The van der Waals surface area contributed by atoms with Gasteiger partial charge in [-0.25, -0.2) is 0 Å². The first-order valence-electron chi connectivity index (χ1n) is 5.79. The molecule has 1 saturated heterocycles. The van der Waals surface area contributed by atoms with Gasteiger partial charge in [-0.1, -0.05) is 0 Å². The minimum absolute atomic E-state index is 1.10. The maximum absolute atomic E-state index is 3.39. The summed E-state index contributed by atoms with van der Waals surface area (Å²) in [6.45, 7) is 6.61. The number of anilines is 1. The Morgan fingerprint density at radius 2 is 2.00 bits per heavy atom. The number of benzene rings is 1. The summed E-state index contributed by atoms with van der Waals surface area (Å²) >= 11 is 1.88. The van der Waals surface area contributed by atoms with E-state index < -0.39 is 0 Å². The van der Waals surface area contributed by atoms with Crippen molar-refractivity contribution in [3.63, 3.8) is 0 Å². The smallest absolute Gasteiger partial charge is 0.0374 e. The summed E-state index contributed by atoms with van der Waals surface area (Å²) in [5, 5.41) is 4.77. The molecule has 0 radical (unpaired) electrons. The van der Waals surface area contributed by atoms with Gasteiger partial charge in [0, 0.05) is 41.4 Å². The van der Waals surface area contributed by atoms with Crippen LogP contribution in [0.3, 0.4) is 0 Å². The fourth-order valence-corrected chi connectivity index (χ4v) is 3.19.